The van der Waals surface area contributed by atoms with E-state index in [1.54, 1.807) is 12.1 Å². The summed E-state index contributed by atoms with van der Waals surface area (Å²) in [5.41, 5.74) is 2.82. The number of carbonyl (C=O) groups excluding carboxylic acids is 1. The Labute approximate surface area is 161 Å². The van der Waals surface area contributed by atoms with Gasteiger partial charge in [-0.2, -0.15) is 0 Å². The van der Waals surface area contributed by atoms with E-state index in [1.165, 1.54) is 23.7 Å². The lowest BCUT2D eigenvalue weighted by molar-refractivity contribution is 0.0470. The van der Waals surface area contributed by atoms with Gasteiger partial charge >= 0.3 is 5.97 Å². The Bertz CT molecular complexity index is 976. The van der Waals surface area contributed by atoms with Gasteiger partial charge in [-0.15, -0.1) is 0 Å². The molecular weight excluding hydrogens is 363 g/mol. The molecule has 0 aliphatic rings. The molecule has 0 radical (unpaired) electrons. The summed E-state index contributed by atoms with van der Waals surface area (Å²) < 4.78 is 21.3. The number of benzene rings is 2. The molecule has 0 aliphatic carbocycles. The van der Waals surface area contributed by atoms with Gasteiger partial charge in [0.2, 0.25) is 0 Å². The molecule has 4 nitrogen and oxygen atoms in total. The lowest BCUT2D eigenvalue weighted by atomic mass is 10.2. The molecule has 27 heavy (non-hydrogen) atoms. The van der Waals surface area contributed by atoms with Gasteiger partial charge in [-0.1, -0.05) is 37.3 Å². The van der Waals surface area contributed by atoms with E-state index in [2.05, 4.69) is 11.9 Å². The van der Waals surface area contributed by atoms with Crippen molar-refractivity contribution in [3.05, 3.63) is 81.9 Å². The van der Waals surface area contributed by atoms with Crippen molar-refractivity contribution >= 4 is 23.2 Å². The molecule has 1 heterocycles. The SMILES string of the molecule is CCCn1sc(=Nc2ccc(F)cc2)c(C(=O)OCc2ccccc2)c1C. The summed E-state index contributed by atoms with van der Waals surface area (Å²) in [6.07, 6.45) is 0.945. The van der Waals surface area contributed by atoms with Gasteiger partial charge in [-0.3, -0.25) is 3.96 Å². The molecule has 0 amide bonds. The first kappa shape index (κ1) is 19.0. The van der Waals surface area contributed by atoms with Crippen LogP contribution in [0, 0.1) is 12.7 Å². The molecule has 6 heteroatoms. The average Bonchev–Trinajstić information content (AvgIpc) is 2.98. The van der Waals surface area contributed by atoms with E-state index in [-0.39, 0.29) is 12.4 Å². The number of halogens is 1. The Balaban J connectivity index is 1.94. The number of rotatable bonds is 6. The Hall–Kier alpha value is -2.73. The van der Waals surface area contributed by atoms with E-state index >= 15 is 0 Å². The van der Waals surface area contributed by atoms with Crippen LogP contribution in [0.2, 0.25) is 0 Å². The van der Waals surface area contributed by atoms with E-state index in [4.69, 9.17) is 4.74 Å². The Morgan fingerprint density at radius 1 is 1.15 bits per heavy atom. The molecule has 0 bridgehead atoms. The highest BCUT2D eigenvalue weighted by Crippen LogP contribution is 2.16. The second kappa shape index (κ2) is 8.77. The summed E-state index contributed by atoms with van der Waals surface area (Å²) in [7, 11) is 0. The summed E-state index contributed by atoms with van der Waals surface area (Å²) in [5.74, 6) is -0.719. The van der Waals surface area contributed by atoms with Gasteiger partial charge in [0.25, 0.3) is 0 Å². The molecule has 0 N–H and O–H groups in total. The number of carbonyl (C=O) groups is 1. The fraction of sp³-hybridized carbons (Fsp3) is 0.238. The third-order valence-electron chi connectivity index (χ3n) is 4.05. The van der Waals surface area contributed by atoms with Crippen molar-refractivity contribution in [3.63, 3.8) is 0 Å². The molecule has 0 saturated carbocycles. The third kappa shape index (κ3) is 4.71. The maximum absolute atomic E-state index is 13.1. The second-order valence-corrected chi connectivity index (χ2v) is 7.12. The molecule has 2 aromatic carbocycles. The van der Waals surface area contributed by atoms with E-state index in [0.29, 0.717) is 15.9 Å². The van der Waals surface area contributed by atoms with Crippen molar-refractivity contribution in [2.24, 2.45) is 4.99 Å². The third-order valence-corrected chi connectivity index (χ3v) is 5.19. The molecule has 3 rings (SSSR count). The normalized spacial score (nSPS) is 11.6. The maximum atomic E-state index is 13.1. The Kier molecular flexibility index (Phi) is 6.19. The molecule has 140 valence electrons. The number of aromatic nitrogens is 1. The average molecular weight is 384 g/mol. The predicted molar refractivity (Wildman–Crippen MR) is 105 cm³/mol. The van der Waals surface area contributed by atoms with Gasteiger partial charge < -0.3 is 4.74 Å². The molecule has 0 fully saturated rings. The zero-order valence-electron chi connectivity index (χ0n) is 15.3. The van der Waals surface area contributed by atoms with Crippen LogP contribution in [0.15, 0.2) is 59.6 Å². The molecule has 0 aliphatic heterocycles. The second-order valence-electron chi connectivity index (χ2n) is 6.11. The van der Waals surface area contributed by atoms with Crippen molar-refractivity contribution in [3.8, 4) is 0 Å². The summed E-state index contributed by atoms with van der Waals surface area (Å²) in [6.45, 7) is 4.98. The first-order chi connectivity index (χ1) is 13.1. The fourth-order valence-electron chi connectivity index (χ4n) is 2.65. The highest BCUT2D eigenvalue weighted by molar-refractivity contribution is 7.04. The minimum Gasteiger partial charge on any atom is -0.457 e. The van der Waals surface area contributed by atoms with Gasteiger partial charge in [-0.25, -0.2) is 14.2 Å². The topological polar surface area (TPSA) is 43.6 Å². The first-order valence-corrected chi connectivity index (χ1v) is 9.58. The van der Waals surface area contributed by atoms with Gasteiger partial charge in [0.05, 0.1) is 5.69 Å². The van der Waals surface area contributed by atoms with Crippen LogP contribution in [0.25, 0.3) is 0 Å². The van der Waals surface area contributed by atoms with Crippen LogP contribution < -0.4 is 4.67 Å². The van der Waals surface area contributed by atoms with Crippen LogP contribution in [0.4, 0.5) is 10.1 Å². The van der Waals surface area contributed by atoms with E-state index in [9.17, 15) is 9.18 Å². The molecule has 0 atom stereocenters. The van der Waals surface area contributed by atoms with E-state index < -0.39 is 5.97 Å². The molecule has 3 aromatic rings. The molecule has 0 spiro atoms. The minimum atomic E-state index is -0.400. The number of esters is 1. The summed E-state index contributed by atoms with van der Waals surface area (Å²) in [4.78, 5) is 17.3. The highest BCUT2D eigenvalue weighted by atomic mass is 32.1. The standard InChI is InChI=1S/C21H21FN2O2S/c1-3-13-24-15(2)19(21(25)26-14-16-7-5-4-6-8-16)20(27-24)23-18-11-9-17(22)10-12-18/h4-12H,3,13-14H2,1-2H3. The van der Waals surface area contributed by atoms with Gasteiger partial charge in [-0.05, 0) is 54.7 Å². The zero-order valence-corrected chi connectivity index (χ0v) is 16.1. The number of aryl methyl sites for hydroxylation is 1. The van der Waals surface area contributed by atoms with E-state index in [0.717, 1.165) is 24.2 Å². The number of hydrogen-bond donors (Lipinski definition) is 0. The maximum Gasteiger partial charge on any atom is 0.343 e. The Morgan fingerprint density at radius 3 is 2.52 bits per heavy atom. The smallest absolute Gasteiger partial charge is 0.343 e. The number of ether oxygens (including phenoxy) is 1. The van der Waals surface area contributed by atoms with Crippen LogP contribution >= 0.6 is 11.5 Å². The van der Waals surface area contributed by atoms with Crippen molar-refractivity contribution in [2.45, 2.75) is 33.4 Å². The van der Waals surface area contributed by atoms with Gasteiger partial charge in [0, 0.05) is 12.2 Å². The predicted octanol–water partition coefficient (Wildman–Crippen LogP) is 5.00. The first-order valence-electron chi connectivity index (χ1n) is 8.80. The Morgan fingerprint density at radius 2 is 1.85 bits per heavy atom. The van der Waals surface area contributed by atoms with Crippen LogP contribution in [0.5, 0.6) is 0 Å². The molecule has 0 unspecified atom stereocenters. The summed E-state index contributed by atoms with van der Waals surface area (Å²) in [6, 6.07) is 15.4. The van der Waals surface area contributed by atoms with Crippen LogP contribution in [-0.4, -0.2) is 9.93 Å². The fourth-order valence-corrected chi connectivity index (χ4v) is 3.83. The molecule has 1 aromatic heterocycles. The zero-order chi connectivity index (χ0) is 19.2. The number of nitrogens with zero attached hydrogens (tertiary/aromatic N) is 2. The van der Waals surface area contributed by atoms with Crippen molar-refractivity contribution < 1.29 is 13.9 Å². The van der Waals surface area contributed by atoms with Crippen LogP contribution in [-0.2, 0) is 17.9 Å². The van der Waals surface area contributed by atoms with Crippen molar-refractivity contribution in [1.82, 2.24) is 3.96 Å². The summed E-state index contributed by atoms with van der Waals surface area (Å²) in [5, 5.41) is 0. The molecular formula is C21H21FN2O2S. The van der Waals surface area contributed by atoms with Crippen LogP contribution in [0.3, 0.4) is 0 Å². The molecule has 0 saturated heterocycles. The summed E-state index contributed by atoms with van der Waals surface area (Å²) >= 11 is 1.42. The van der Waals surface area contributed by atoms with Crippen LogP contribution in [0.1, 0.15) is 35.0 Å². The van der Waals surface area contributed by atoms with Gasteiger partial charge in [0.15, 0.2) is 0 Å². The minimum absolute atomic E-state index is 0.207. The largest absolute Gasteiger partial charge is 0.457 e. The monoisotopic (exact) mass is 384 g/mol. The lowest BCUT2D eigenvalue weighted by Gasteiger charge is -2.06. The highest BCUT2D eigenvalue weighted by Gasteiger charge is 2.19. The van der Waals surface area contributed by atoms with Crippen molar-refractivity contribution in [1.29, 1.82) is 0 Å². The van der Waals surface area contributed by atoms with Crippen molar-refractivity contribution in [2.75, 3.05) is 0 Å². The lowest BCUT2D eigenvalue weighted by Crippen LogP contribution is -2.15. The van der Waals surface area contributed by atoms with E-state index in [1.807, 2.05) is 41.2 Å². The number of hydrogen-bond acceptors (Lipinski definition) is 4. The van der Waals surface area contributed by atoms with Gasteiger partial charge in [0.1, 0.15) is 22.7 Å². The quantitative estimate of drug-likeness (QED) is 0.562.